The van der Waals surface area contributed by atoms with Crippen LogP contribution in [0.15, 0.2) is 102 Å². The van der Waals surface area contributed by atoms with Crippen LogP contribution in [0.1, 0.15) is 13.8 Å². The summed E-state index contributed by atoms with van der Waals surface area (Å²) >= 11 is 0. The fraction of sp³-hybridized carbons (Fsp3) is 0.0952. The van der Waals surface area contributed by atoms with Crippen LogP contribution >= 0.6 is 7.92 Å². The molecule has 1 aromatic rings. The van der Waals surface area contributed by atoms with Crippen molar-refractivity contribution in [2.75, 3.05) is 0 Å². The predicted octanol–water partition coefficient (Wildman–Crippen LogP) is 5.54. The standard InChI is InChI=1S/C21H23O2P/c1-5-9-14-17(7-3)24(18-15-11-10-12-16-18)20(8-4)19(13-6-2)21(22)23/h5-16H,2-3H2,1,4H3,(H,22,23)/b9-5-,17-14+,19-13+,20-8+. The molecule has 1 atom stereocenters. The van der Waals surface area contributed by atoms with Gasteiger partial charge in [0.25, 0.3) is 0 Å². The van der Waals surface area contributed by atoms with Gasteiger partial charge in [-0.3, -0.25) is 0 Å². The van der Waals surface area contributed by atoms with Gasteiger partial charge in [-0.25, -0.2) is 4.79 Å². The highest BCUT2D eigenvalue weighted by molar-refractivity contribution is 7.74. The first-order valence-corrected chi connectivity index (χ1v) is 8.98. The molecule has 0 bridgehead atoms. The highest BCUT2D eigenvalue weighted by atomic mass is 31.1. The average molecular weight is 338 g/mol. The van der Waals surface area contributed by atoms with Gasteiger partial charge in [0.2, 0.25) is 0 Å². The van der Waals surface area contributed by atoms with Crippen molar-refractivity contribution in [3.8, 4) is 0 Å². The van der Waals surface area contributed by atoms with Crippen molar-refractivity contribution in [2.45, 2.75) is 13.8 Å². The topological polar surface area (TPSA) is 37.3 Å². The number of hydrogen-bond acceptors (Lipinski definition) is 1. The molecule has 0 aliphatic carbocycles. The second-order valence-electron chi connectivity index (χ2n) is 4.79. The summed E-state index contributed by atoms with van der Waals surface area (Å²) in [5.74, 6) is -0.958. The van der Waals surface area contributed by atoms with E-state index in [1.807, 2.05) is 68.5 Å². The Morgan fingerprint density at radius 1 is 1.12 bits per heavy atom. The lowest BCUT2D eigenvalue weighted by atomic mass is 10.2. The number of carbonyl (C=O) groups is 1. The van der Waals surface area contributed by atoms with E-state index in [1.54, 1.807) is 12.2 Å². The van der Waals surface area contributed by atoms with E-state index in [9.17, 15) is 9.90 Å². The molecule has 0 radical (unpaired) electrons. The van der Waals surface area contributed by atoms with Crippen LogP contribution in [0.25, 0.3) is 0 Å². The third kappa shape index (κ3) is 5.04. The Bertz CT molecular complexity index is 707. The molecular weight excluding hydrogens is 315 g/mol. The van der Waals surface area contributed by atoms with Gasteiger partial charge in [0, 0.05) is 0 Å². The van der Waals surface area contributed by atoms with Gasteiger partial charge in [-0.1, -0.05) is 79.9 Å². The molecule has 1 aromatic carbocycles. The fourth-order valence-corrected chi connectivity index (χ4v) is 4.63. The molecule has 0 fully saturated rings. The second-order valence-corrected chi connectivity index (χ2v) is 6.97. The van der Waals surface area contributed by atoms with Gasteiger partial charge < -0.3 is 5.11 Å². The molecule has 0 heterocycles. The van der Waals surface area contributed by atoms with Crippen LogP contribution in [-0.4, -0.2) is 11.1 Å². The lowest BCUT2D eigenvalue weighted by Crippen LogP contribution is -2.09. The number of carboxylic acids is 1. The van der Waals surface area contributed by atoms with Crippen molar-refractivity contribution in [1.82, 2.24) is 0 Å². The molecule has 2 nitrogen and oxygen atoms in total. The van der Waals surface area contributed by atoms with Crippen LogP contribution in [0.5, 0.6) is 0 Å². The molecule has 24 heavy (non-hydrogen) atoms. The van der Waals surface area contributed by atoms with Crippen molar-refractivity contribution < 1.29 is 9.90 Å². The third-order valence-electron chi connectivity index (χ3n) is 3.25. The molecule has 0 spiro atoms. The first-order valence-electron chi connectivity index (χ1n) is 7.64. The van der Waals surface area contributed by atoms with Crippen LogP contribution in [0, 0.1) is 0 Å². The maximum atomic E-state index is 11.7. The van der Waals surface area contributed by atoms with Crippen molar-refractivity contribution in [3.05, 3.63) is 102 Å². The van der Waals surface area contributed by atoms with Gasteiger partial charge in [0.1, 0.15) is 0 Å². The number of carboxylic acid groups (broad SMARTS) is 1. The summed E-state index contributed by atoms with van der Waals surface area (Å²) in [6.07, 6.45) is 12.6. The Morgan fingerprint density at radius 2 is 1.79 bits per heavy atom. The quantitative estimate of drug-likeness (QED) is 0.384. The van der Waals surface area contributed by atoms with Gasteiger partial charge in [0.15, 0.2) is 0 Å². The van der Waals surface area contributed by atoms with Gasteiger partial charge in [-0.15, -0.1) is 0 Å². The molecule has 3 heteroatoms. The summed E-state index contributed by atoms with van der Waals surface area (Å²) < 4.78 is 0. The van der Waals surface area contributed by atoms with Crippen LogP contribution in [0.4, 0.5) is 0 Å². The number of allylic oxidation sites excluding steroid dienone is 8. The molecule has 0 aliphatic heterocycles. The zero-order valence-corrected chi connectivity index (χ0v) is 15.0. The summed E-state index contributed by atoms with van der Waals surface area (Å²) in [4.78, 5) is 11.7. The Hall–Kier alpha value is -2.44. The molecule has 1 N–H and O–H groups in total. The van der Waals surface area contributed by atoms with Crippen molar-refractivity contribution in [1.29, 1.82) is 0 Å². The molecule has 0 amide bonds. The molecule has 0 aliphatic rings. The molecule has 1 unspecified atom stereocenters. The smallest absolute Gasteiger partial charge is 0.336 e. The van der Waals surface area contributed by atoms with E-state index in [1.165, 1.54) is 6.08 Å². The molecular formula is C21H23O2P. The van der Waals surface area contributed by atoms with Gasteiger partial charge in [-0.05, 0) is 43.8 Å². The SMILES string of the molecule is C=C/C=C(C(=O)O)\C(=C/C)P(/C(C=C)=C/C=C\C)c1ccccc1. The zero-order valence-electron chi connectivity index (χ0n) is 14.1. The lowest BCUT2D eigenvalue weighted by Gasteiger charge is -2.23. The van der Waals surface area contributed by atoms with Crippen molar-refractivity contribution in [2.24, 2.45) is 0 Å². The third-order valence-corrected chi connectivity index (χ3v) is 5.89. The first-order chi connectivity index (χ1) is 11.6. The highest BCUT2D eigenvalue weighted by Gasteiger charge is 2.24. The first kappa shape index (κ1) is 19.6. The highest BCUT2D eigenvalue weighted by Crippen LogP contribution is 2.54. The summed E-state index contributed by atoms with van der Waals surface area (Å²) in [5, 5.41) is 12.5. The van der Waals surface area contributed by atoms with Gasteiger partial charge in [-0.2, -0.15) is 0 Å². The molecule has 1 rings (SSSR count). The molecule has 0 saturated carbocycles. The summed E-state index contributed by atoms with van der Waals surface area (Å²) in [6, 6.07) is 9.93. The summed E-state index contributed by atoms with van der Waals surface area (Å²) in [6.45, 7) is 11.4. The van der Waals surface area contributed by atoms with Crippen LogP contribution < -0.4 is 5.30 Å². The van der Waals surface area contributed by atoms with E-state index in [0.717, 1.165) is 15.9 Å². The van der Waals surface area contributed by atoms with E-state index in [2.05, 4.69) is 13.2 Å². The monoisotopic (exact) mass is 338 g/mol. The maximum absolute atomic E-state index is 11.7. The Labute approximate surface area is 145 Å². The molecule has 124 valence electrons. The van der Waals surface area contributed by atoms with E-state index >= 15 is 0 Å². The molecule has 0 aromatic heterocycles. The predicted molar refractivity (Wildman–Crippen MR) is 106 cm³/mol. The van der Waals surface area contributed by atoms with E-state index in [4.69, 9.17) is 0 Å². The minimum atomic E-state index is -1.02. The number of hydrogen-bond donors (Lipinski definition) is 1. The van der Waals surface area contributed by atoms with E-state index < -0.39 is 13.9 Å². The van der Waals surface area contributed by atoms with Gasteiger partial charge in [0.05, 0.1) is 5.57 Å². The fourth-order valence-electron chi connectivity index (χ4n) is 2.22. The largest absolute Gasteiger partial charge is 0.478 e. The lowest BCUT2D eigenvalue weighted by molar-refractivity contribution is -0.132. The van der Waals surface area contributed by atoms with Crippen LogP contribution in [-0.2, 0) is 4.79 Å². The average Bonchev–Trinajstić information content (AvgIpc) is 2.60. The number of benzene rings is 1. The summed E-state index contributed by atoms with van der Waals surface area (Å²) in [7, 11) is -1.02. The van der Waals surface area contributed by atoms with E-state index in [-0.39, 0.29) is 5.57 Å². The van der Waals surface area contributed by atoms with Crippen molar-refractivity contribution in [3.63, 3.8) is 0 Å². The van der Waals surface area contributed by atoms with Crippen LogP contribution in [0.3, 0.4) is 0 Å². The molecule has 0 saturated heterocycles. The summed E-state index contributed by atoms with van der Waals surface area (Å²) in [5.41, 5.74) is 0.260. The van der Waals surface area contributed by atoms with Gasteiger partial charge >= 0.3 is 5.97 Å². The maximum Gasteiger partial charge on any atom is 0.336 e. The zero-order chi connectivity index (χ0) is 17.9. The number of aliphatic carboxylic acids is 1. The Kier molecular flexibility index (Phi) is 8.46. The van der Waals surface area contributed by atoms with Crippen LogP contribution in [0.2, 0.25) is 0 Å². The second kappa shape index (κ2) is 10.4. The van der Waals surface area contributed by atoms with Crippen molar-refractivity contribution >= 4 is 19.2 Å². The van der Waals surface area contributed by atoms with E-state index in [0.29, 0.717) is 0 Å². The Morgan fingerprint density at radius 3 is 2.25 bits per heavy atom. The minimum Gasteiger partial charge on any atom is -0.478 e. The normalized spacial score (nSPS) is 14.5. The number of rotatable bonds is 8. The Balaban J connectivity index is 3.62. The minimum absolute atomic E-state index is 0.260.